The Morgan fingerprint density at radius 3 is 2.50 bits per heavy atom. The number of halogens is 2. The molecule has 0 radical (unpaired) electrons. The number of carbonyl (C=O) groups excluding carboxylic acids is 2. The number of rotatable bonds is 2. The summed E-state index contributed by atoms with van der Waals surface area (Å²) in [5.41, 5.74) is 3.31. The zero-order chi connectivity index (χ0) is 18.3. The highest BCUT2D eigenvalue weighted by atomic mass is 35.5. The van der Waals surface area contributed by atoms with Crippen molar-refractivity contribution in [1.29, 1.82) is 0 Å². The Bertz CT molecular complexity index is 935. The van der Waals surface area contributed by atoms with Crippen molar-refractivity contribution in [2.45, 2.75) is 31.1 Å². The fourth-order valence-electron chi connectivity index (χ4n) is 3.99. The molecule has 1 amide bonds. The largest absolute Gasteiger partial charge is 0.329 e. The number of benzene rings is 2. The Morgan fingerprint density at radius 2 is 1.73 bits per heavy atom. The molecule has 0 fully saturated rings. The average Bonchev–Trinajstić information content (AvgIpc) is 2.61. The number of allylic oxidation sites excluding steroid dienone is 2. The van der Waals surface area contributed by atoms with Gasteiger partial charge in [-0.1, -0.05) is 53.5 Å². The summed E-state index contributed by atoms with van der Waals surface area (Å²) in [6.07, 6.45) is 1.27. The van der Waals surface area contributed by atoms with Gasteiger partial charge in [0.2, 0.25) is 5.91 Å². The van der Waals surface area contributed by atoms with Crippen LogP contribution in [0.2, 0.25) is 10.0 Å². The van der Waals surface area contributed by atoms with Crippen LogP contribution in [-0.2, 0) is 9.59 Å². The lowest BCUT2D eigenvalue weighted by atomic mass is 9.73. The van der Waals surface area contributed by atoms with E-state index in [2.05, 4.69) is 5.32 Å². The van der Waals surface area contributed by atoms with Crippen LogP contribution in [0.25, 0.3) is 0 Å². The first-order valence-electron chi connectivity index (χ1n) is 8.59. The SMILES string of the molecule is O=C1C[C@H](c2cccc(Cl)c2)C2=C(C[C@H](c3ccccc3Cl)CC2=O)N1. The van der Waals surface area contributed by atoms with E-state index in [1.807, 2.05) is 42.5 Å². The second-order valence-electron chi connectivity index (χ2n) is 6.80. The first-order chi connectivity index (χ1) is 12.5. The van der Waals surface area contributed by atoms with Crippen LogP contribution in [0.3, 0.4) is 0 Å². The smallest absolute Gasteiger partial charge is 0.225 e. The molecule has 0 aromatic heterocycles. The van der Waals surface area contributed by atoms with Crippen LogP contribution in [0.1, 0.15) is 42.2 Å². The summed E-state index contributed by atoms with van der Waals surface area (Å²) >= 11 is 12.4. The van der Waals surface area contributed by atoms with Crippen LogP contribution in [0.4, 0.5) is 0 Å². The topological polar surface area (TPSA) is 46.2 Å². The molecule has 1 N–H and O–H groups in total. The van der Waals surface area contributed by atoms with Crippen LogP contribution >= 0.6 is 23.2 Å². The summed E-state index contributed by atoms with van der Waals surface area (Å²) in [6, 6.07) is 15.0. The second-order valence-corrected chi connectivity index (χ2v) is 7.65. The summed E-state index contributed by atoms with van der Waals surface area (Å²) in [5.74, 6) is -0.256. The monoisotopic (exact) mass is 385 g/mol. The van der Waals surface area contributed by atoms with Crippen molar-refractivity contribution in [1.82, 2.24) is 5.32 Å². The number of hydrogen-bond donors (Lipinski definition) is 1. The van der Waals surface area contributed by atoms with E-state index < -0.39 is 0 Å². The van der Waals surface area contributed by atoms with Gasteiger partial charge in [-0.2, -0.15) is 0 Å². The van der Waals surface area contributed by atoms with Crippen LogP contribution < -0.4 is 5.32 Å². The zero-order valence-electron chi connectivity index (χ0n) is 14.0. The Balaban J connectivity index is 1.74. The summed E-state index contributed by atoms with van der Waals surface area (Å²) in [7, 11) is 0. The van der Waals surface area contributed by atoms with Gasteiger partial charge in [0.25, 0.3) is 0 Å². The molecule has 26 heavy (non-hydrogen) atoms. The molecule has 132 valence electrons. The molecule has 0 saturated heterocycles. The molecular weight excluding hydrogens is 369 g/mol. The molecule has 1 heterocycles. The highest BCUT2D eigenvalue weighted by Gasteiger charge is 2.38. The van der Waals surface area contributed by atoms with Crippen molar-refractivity contribution in [2.24, 2.45) is 0 Å². The molecule has 2 atom stereocenters. The highest BCUT2D eigenvalue weighted by molar-refractivity contribution is 6.31. The Kier molecular flexibility index (Phi) is 4.60. The van der Waals surface area contributed by atoms with Gasteiger partial charge in [0.05, 0.1) is 0 Å². The lowest BCUT2D eigenvalue weighted by Crippen LogP contribution is -2.38. The first-order valence-corrected chi connectivity index (χ1v) is 9.34. The molecular formula is C21H17Cl2NO2. The maximum atomic E-state index is 13.0. The van der Waals surface area contributed by atoms with Gasteiger partial charge < -0.3 is 5.32 Å². The fraction of sp³-hybridized carbons (Fsp3) is 0.238. The molecule has 0 saturated carbocycles. The standard InChI is InChI=1S/C21H17Cl2NO2/c22-14-5-3-4-12(8-14)16-11-20(26)24-18-9-13(10-19(25)21(16)18)15-6-1-2-7-17(15)23/h1-8,13,16H,9-11H2,(H,24,26)/t13-,16+/m0/s1. The van der Waals surface area contributed by atoms with Gasteiger partial charge in [0, 0.05) is 40.1 Å². The predicted octanol–water partition coefficient (Wildman–Crippen LogP) is 5.00. The fourth-order valence-corrected chi connectivity index (χ4v) is 4.48. The quantitative estimate of drug-likeness (QED) is 0.790. The number of carbonyl (C=O) groups is 2. The van der Waals surface area contributed by atoms with Gasteiger partial charge in [-0.15, -0.1) is 0 Å². The third-order valence-electron chi connectivity index (χ3n) is 5.13. The van der Waals surface area contributed by atoms with Gasteiger partial charge >= 0.3 is 0 Å². The third kappa shape index (κ3) is 3.17. The van der Waals surface area contributed by atoms with E-state index in [0.29, 0.717) is 22.9 Å². The molecule has 3 nitrogen and oxygen atoms in total. The molecule has 1 aliphatic carbocycles. The molecule has 1 aliphatic heterocycles. The van der Waals surface area contributed by atoms with Crippen LogP contribution in [0, 0.1) is 0 Å². The second kappa shape index (κ2) is 6.90. The Morgan fingerprint density at radius 1 is 0.923 bits per heavy atom. The van der Waals surface area contributed by atoms with E-state index in [9.17, 15) is 9.59 Å². The maximum absolute atomic E-state index is 13.0. The van der Waals surface area contributed by atoms with E-state index in [1.165, 1.54) is 0 Å². The summed E-state index contributed by atoms with van der Waals surface area (Å²) < 4.78 is 0. The molecule has 0 spiro atoms. The van der Waals surface area contributed by atoms with E-state index in [4.69, 9.17) is 23.2 Å². The number of ketones is 1. The normalized spacial score (nSPS) is 22.8. The van der Waals surface area contributed by atoms with E-state index in [1.54, 1.807) is 6.07 Å². The number of Topliss-reactive ketones (excluding diaryl/α,β-unsaturated/α-hetero) is 1. The van der Waals surface area contributed by atoms with Crippen LogP contribution in [0.5, 0.6) is 0 Å². The van der Waals surface area contributed by atoms with Crippen molar-refractivity contribution >= 4 is 34.9 Å². The summed E-state index contributed by atoms with van der Waals surface area (Å²) in [6.45, 7) is 0. The zero-order valence-corrected chi connectivity index (χ0v) is 15.5. The minimum atomic E-state index is -0.239. The molecule has 4 rings (SSSR count). The highest BCUT2D eigenvalue weighted by Crippen LogP contribution is 2.43. The van der Waals surface area contributed by atoms with Crippen molar-refractivity contribution in [3.63, 3.8) is 0 Å². The molecule has 2 aliphatic rings. The van der Waals surface area contributed by atoms with Gasteiger partial charge in [-0.25, -0.2) is 0 Å². The molecule has 0 unspecified atom stereocenters. The lowest BCUT2D eigenvalue weighted by Gasteiger charge is -2.34. The van der Waals surface area contributed by atoms with Crippen LogP contribution in [0.15, 0.2) is 59.8 Å². The van der Waals surface area contributed by atoms with Crippen molar-refractivity contribution in [3.05, 3.63) is 81.0 Å². The number of amides is 1. The molecule has 2 aromatic carbocycles. The first kappa shape index (κ1) is 17.3. The van der Waals surface area contributed by atoms with Gasteiger partial charge in [0.1, 0.15) is 0 Å². The van der Waals surface area contributed by atoms with E-state index in [0.717, 1.165) is 22.4 Å². The summed E-state index contributed by atoms with van der Waals surface area (Å²) in [5, 5.41) is 4.19. The minimum Gasteiger partial charge on any atom is -0.329 e. The summed E-state index contributed by atoms with van der Waals surface area (Å²) in [4.78, 5) is 25.3. The van der Waals surface area contributed by atoms with E-state index >= 15 is 0 Å². The molecule has 0 bridgehead atoms. The number of nitrogens with one attached hydrogen (secondary N) is 1. The Labute approximate surface area is 162 Å². The molecule has 2 aromatic rings. The van der Waals surface area contributed by atoms with Crippen molar-refractivity contribution < 1.29 is 9.59 Å². The predicted molar refractivity (Wildman–Crippen MR) is 102 cm³/mol. The van der Waals surface area contributed by atoms with E-state index in [-0.39, 0.29) is 29.9 Å². The van der Waals surface area contributed by atoms with Crippen molar-refractivity contribution in [3.8, 4) is 0 Å². The third-order valence-corrected chi connectivity index (χ3v) is 5.71. The van der Waals surface area contributed by atoms with Gasteiger partial charge in [-0.3, -0.25) is 9.59 Å². The average molecular weight is 386 g/mol. The maximum Gasteiger partial charge on any atom is 0.225 e. The lowest BCUT2D eigenvalue weighted by molar-refractivity contribution is -0.122. The number of hydrogen-bond acceptors (Lipinski definition) is 2. The van der Waals surface area contributed by atoms with Crippen molar-refractivity contribution in [2.75, 3.05) is 0 Å². The minimum absolute atomic E-state index is 0.0200. The Hall–Kier alpha value is -2.10. The molecule has 5 heteroatoms. The van der Waals surface area contributed by atoms with Crippen LogP contribution in [-0.4, -0.2) is 11.7 Å². The van der Waals surface area contributed by atoms with Gasteiger partial charge in [-0.05, 0) is 41.7 Å². The van der Waals surface area contributed by atoms with Gasteiger partial charge in [0.15, 0.2) is 5.78 Å².